The molecule has 0 spiro atoms. The Bertz CT molecular complexity index is 715. The molecule has 1 aliphatic rings. The summed E-state index contributed by atoms with van der Waals surface area (Å²) in [5.41, 5.74) is 8.95. The van der Waals surface area contributed by atoms with Crippen LogP contribution in [0.3, 0.4) is 0 Å². The van der Waals surface area contributed by atoms with Crippen molar-refractivity contribution >= 4 is 34.8 Å². The minimum absolute atomic E-state index is 0.0143. The molecule has 0 bridgehead atoms. The van der Waals surface area contributed by atoms with Crippen LogP contribution in [-0.2, 0) is 13.0 Å². The first-order chi connectivity index (χ1) is 10.1. The zero-order valence-electron chi connectivity index (χ0n) is 11.3. The summed E-state index contributed by atoms with van der Waals surface area (Å²) in [6.45, 7) is 1.12. The van der Waals surface area contributed by atoms with Crippen LogP contribution in [0.2, 0.25) is 10.0 Å². The lowest BCUT2D eigenvalue weighted by Crippen LogP contribution is -2.37. The van der Waals surface area contributed by atoms with Gasteiger partial charge in [-0.2, -0.15) is 0 Å². The number of carbonyl (C=O) groups is 1. The molecule has 0 saturated heterocycles. The van der Waals surface area contributed by atoms with Gasteiger partial charge in [-0.05, 0) is 35.7 Å². The summed E-state index contributed by atoms with van der Waals surface area (Å²) >= 11 is 12.2. The number of benzene rings is 2. The lowest BCUT2D eigenvalue weighted by Gasteiger charge is -2.29. The van der Waals surface area contributed by atoms with Crippen LogP contribution in [0.25, 0.3) is 0 Å². The van der Waals surface area contributed by atoms with Gasteiger partial charge in [-0.25, -0.2) is 0 Å². The van der Waals surface area contributed by atoms with E-state index in [4.69, 9.17) is 28.9 Å². The Kier molecular flexibility index (Phi) is 3.79. The summed E-state index contributed by atoms with van der Waals surface area (Å²) in [6.07, 6.45) is 0.819. The van der Waals surface area contributed by atoms with Crippen LogP contribution >= 0.6 is 23.2 Å². The molecule has 2 N–H and O–H groups in total. The van der Waals surface area contributed by atoms with Crippen molar-refractivity contribution in [3.05, 3.63) is 63.1 Å². The van der Waals surface area contributed by atoms with Gasteiger partial charge in [0.1, 0.15) is 0 Å². The largest absolute Gasteiger partial charge is 0.399 e. The molecule has 0 unspecified atom stereocenters. The summed E-state index contributed by atoms with van der Waals surface area (Å²) in [6, 6.07) is 11.0. The van der Waals surface area contributed by atoms with Crippen molar-refractivity contribution < 1.29 is 4.79 Å². The highest BCUT2D eigenvalue weighted by molar-refractivity contribution is 6.42. The minimum Gasteiger partial charge on any atom is -0.399 e. The minimum atomic E-state index is -0.0143. The van der Waals surface area contributed by atoms with Gasteiger partial charge in [0.25, 0.3) is 5.91 Å². The molecule has 2 aromatic rings. The standard InChI is InChI=1S/C16H14Cl2N2O/c17-14-3-1-2-11(15(14)18)9-20-7-6-10-4-5-12(19)8-13(10)16(20)21/h1-5,8H,6-7,9,19H2. The molecule has 3 rings (SSSR count). The van der Waals surface area contributed by atoms with Gasteiger partial charge in [0.2, 0.25) is 0 Å². The van der Waals surface area contributed by atoms with E-state index in [0.29, 0.717) is 34.4 Å². The van der Waals surface area contributed by atoms with Crippen molar-refractivity contribution in [3.8, 4) is 0 Å². The monoisotopic (exact) mass is 320 g/mol. The Morgan fingerprint density at radius 1 is 1.19 bits per heavy atom. The van der Waals surface area contributed by atoms with Gasteiger partial charge in [0.15, 0.2) is 0 Å². The van der Waals surface area contributed by atoms with E-state index in [1.54, 1.807) is 17.0 Å². The Morgan fingerprint density at radius 2 is 2.00 bits per heavy atom. The van der Waals surface area contributed by atoms with E-state index >= 15 is 0 Å². The highest BCUT2D eigenvalue weighted by Gasteiger charge is 2.25. The molecule has 2 aromatic carbocycles. The van der Waals surface area contributed by atoms with Crippen LogP contribution in [0.15, 0.2) is 36.4 Å². The number of hydrogen-bond acceptors (Lipinski definition) is 2. The van der Waals surface area contributed by atoms with Gasteiger partial charge in [-0.3, -0.25) is 4.79 Å². The van der Waals surface area contributed by atoms with Crippen LogP contribution in [0, 0.1) is 0 Å². The summed E-state index contributed by atoms with van der Waals surface area (Å²) in [7, 11) is 0. The topological polar surface area (TPSA) is 46.3 Å². The second kappa shape index (κ2) is 5.58. The van der Waals surface area contributed by atoms with Crippen LogP contribution in [0.1, 0.15) is 21.5 Å². The Morgan fingerprint density at radius 3 is 2.81 bits per heavy atom. The molecule has 0 atom stereocenters. The molecule has 0 aliphatic carbocycles. The average molecular weight is 321 g/mol. The Labute approximate surface area is 133 Å². The average Bonchev–Trinajstić information content (AvgIpc) is 2.47. The molecule has 1 amide bonds. The third kappa shape index (κ3) is 2.71. The first kappa shape index (κ1) is 14.2. The van der Waals surface area contributed by atoms with E-state index in [2.05, 4.69) is 0 Å². The van der Waals surface area contributed by atoms with E-state index in [9.17, 15) is 4.79 Å². The number of anilines is 1. The number of rotatable bonds is 2. The van der Waals surface area contributed by atoms with Gasteiger partial charge in [0.05, 0.1) is 10.0 Å². The molecule has 1 heterocycles. The quantitative estimate of drug-likeness (QED) is 0.856. The summed E-state index contributed by atoms with van der Waals surface area (Å²) in [5, 5.41) is 1.01. The SMILES string of the molecule is Nc1ccc2c(c1)C(=O)N(Cc1cccc(Cl)c1Cl)CC2. The fourth-order valence-corrected chi connectivity index (χ4v) is 2.95. The predicted octanol–water partition coefficient (Wildman–Crippen LogP) is 3.77. The van der Waals surface area contributed by atoms with Crippen LogP contribution < -0.4 is 5.73 Å². The lowest BCUT2D eigenvalue weighted by atomic mass is 9.98. The van der Waals surface area contributed by atoms with Crippen LogP contribution in [0.4, 0.5) is 5.69 Å². The highest BCUT2D eigenvalue weighted by Crippen LogP contribution is 2.28. The Balaban J connectivity index is 1.88. The molecule has 1 aliphatic heterocycles. The third-order valence-electron chi connectivity index (χ3n) is 3.70. The van der Waals surface area contributed by atoms with Crippen molar-refractivity contribution in [1.29, 1.82) is 0 Å². The van der Waals surface area contributed by atoms with E-state index in [1.165, 1.54) is 0 Å². The van der Waals surface area contributed by atoms with E-state index in [0.717, 1.165) is 17.5 Å². The first-order valence-corrected chi connectivity index (χ1v) is 7.42. The maximum absolute atomic E-state index is 12.6. The number of nitrogen functional groups attached to an aromatic ring is 1. The second-order valence-electron chi connectivity index (χ2n) is 5.11. The fourth-order valence-electron chi connectivity index (χ4n) is 2.57. The van der Waals surface area contributed by atoms with Crippen molar-refractivity contribution in [1.82, 2.24) is 4.90 Å². The van der Waals surface area contributed by atoms with Crippen LogP contribution in [-0.4, -0.2) is 17.4 Å². The van der Waals surface area contributed by atoms with E-state index in [-0.39, 0.29) is 5.91 Å². The highest BCUT2D eigenvalue weighted by atomic mass is 35.5. The summed E-state index contributed by atoms with van der Waals surface area (Å²) in [5.74, 6) is -0.0143. The van der Waals surface area contributed by atoms with E-state index < -0.39 is 0 Å². The third-order valence-corrected chi connectivity index (χ3v) is 4.55. The number of carbonyl (C=O) groups excluding carboxylic acids is 1. The van der Waals surface area contributed by atoms with Crippen LogP contribution in [0.5, 0.6) is 0 Å². The van der Waals surface area contributed by atoms with Crippen molar-refractivity contribution in [3.63, 3.8) is 0 Å². The second-order valence-corrected chi connectivity index (χ2v) is 5.89. The smallest absolute Gasteiger partial charge is 0.254 e. The zero-order valence-corrected chi connectivity index (χ0v) is 12.8. The summed E-state index contributed by atoms with van der Waals surface area (Å²) < 4.78 is 0. The number of hydrogen-bond donors (Lipinski definition) is 1. The number of amides is 1. The maximum Gasteiger partial charge on any atom is 0.254 e. The molecule has 0 fully saturated rings. The number of nitrogens with two attached hydrogens (primary N) is 1. The molecule has 108 valence electrons. The van der Waals surface area contributed by atoms with Gasteiger partial charge in [-0.15, -0.1) is 0 Å². The zero-order chi connectivity index (χ0) is 15.0. The van der Waals surface area contributed by atoms with Crippen molar-refractivity contribution in [2.75, 3.05) is 12.3 Å². The lowest BCUT2D eigenvalue weighted by molar-refractivity contribution is 0.0727. The normalized spacial score (nSPS) is 14.2. The summed E-state index contributed by atoms with van der Waals surface area (Å²) in [4.78, 5) is 14.3. The van der Waals surface area contributed by atoms with Gasteiger partial charge in [0, 0.05) is 24.3 Å². The molecule has 0 radical (unpaired) electrons. The van der Waals surface area contributed by atoms with Gasteiger partial charge in [-0.1, -0.05) is 41.4 Å². The van der Waals surface area contributed by atoms with Gasteiger partial charge < -0.3 is 10.6 Å². The van der Waals surface area contributed by atoms with Gasteiger partial charge >= 0.3 is 0 Å². The maximum atomic E-state index is 12.6. The fraction of sp³-hybridized carbons (Fsp3) is 0.188. The van der Waals surface area contributed by atoms with Crippen molar-refractivity contribution in [2.45, 2.75) is 13.0 Å². The first-order valence-electron chi connectivity index (χ1n) is 6.67. The molecule has 21 heavy (non-hydrogen) atoms. The predicted molar refractivity (Wildman–Crippen MR) is 85.8 cm³/mol. The molecule has 0 saturated carbocycles. The molecule has 3 nitrogen and oxygen atoms in total. The number of fused-ring (bicyclic) bond motifs is 1. The molecule has 0 aromatic heterocycles. The molecular formula is C16H14Cl2N2O. The number of nitrogens with zero attached hydrogens (tertiary/aromatic N) is 1. The number of halogens is 2. The van der Waals surface area contributed by atoms with E-state index in [1.807, 2.05) is 24.3 Å². The van der Waals surface area contributed by atoms with Crippen molar-refractivity contribution in [2.24, 2.45) is 0 Å². The molecule has 5 heteroatoms. The Hall–Kier alpha value is -1.71. The molecular weight excluding hydrogens is 307 g/mol.